The van der Waals surface area contributed by atoms with E-state index in [9.17, 15) is 19.5 Å². The Morgan fingerprint density at radius 3 is 2.30 bits per heavy atom. The lowest BCUT2D eigenvalue weighted by atomic mass is 9.97. The lowest BCUT2D eigenvalue weighted by Crippen LogP contribution is -2.45. The average molecular weight is 409 g/mol. The van der Waals surface area contributed by atoms with Crippen LogP contribution in [0.5, 0.6) is 0 Å². The van der Waals surface area contributed by atoms with Crippen LogP contribution in [0.2, 0.25) is 0 Å². The molecule has 2 aromatic carbocycles. The molecule has 2 amide bonds. The predicted octanol–water partition coefficient (Wildman–Crippen LogP) is 1.48. The SMILES string of the molecule is O=C1CCC(C(=O)NC(Cc2ccc(-c3ccccc3)cc2)CC(O)C(=O)O)=NN1. The molecule has 2 unspecified atom stereocenters. The molecule has 2 aromatic rings. The van der Waals surface area contributed by atoms with Gasteiger partial charge < -0.3 is 15.5 Å². The number of nitrogens with zero attached hydrogens (tertiary/aromatic N) is 1. The molecule has 0 aliphatic carbocycles. The number of carbonyl (C=O) groups excluding carboxylic acids is 2. The van der Waals surface area contributed by atoms with Crippen LogP contribution in [0.4, 0.5) is 0 Å². The van der Waals surface area contributed by atoms with Gasteiger partial charge in [-0.15, -0.1) is 0 Å². The average Bonchev–Trinajstić information content (AvgIpc) is 2.75. The molecule has 2 atom stereocenters. The van der Waals surface area contributed by atoms with Gasteiger partial charge in [0.1, 0.15) is 5.71 Å². The quantitative estimate of drug-likeness (QED) is 0.525. The molecule has 0 radical (unpaired) electrons. The number of aliphatic hydroxyl groups excluding tert-OH is 1. The summed E-state index contributed by atoms with van der Waals surface area (Å²) in [7, 11) is 0. The van der Waals surface area contributed by atoms with Crippen LogP contribution >= 0.6 is 0 Å². The number of benzene rings is 2. The Morgan fingerprint density at radius 1 is 1.03 bits per heavy atom. The Balaban J connectivity index is 1.71. The van der Waals surface area contributed by atoms with Crippen molar-refractivity contribution in [3.8, 4) is 11.1 Å². The third kappa shape index (κ3) is 5.74. The second-order valence-corrected chi connectivity index (χ2v) is 7.12. The number of nitrogens with one attached hydrogen (secondary N) is 2. The van der Waals surface area contributed by atoms with Gasteiger partial charge >= 0.3 is 5.97 Å². The van der Waals surface area contributed by atoms with Crippen molar-refractivity contribution in [3.05, 3.63) is 60.2 Å². The summed E-state index contributed by atoms with van der Waals surface area (Å²) in [6, 6.07) is 17.0. The van der Waals surface area contributed by atoms with Gasteiger partial charge in [-0.3, -0.25) is 9.59 Å². The smallest absolute Gasteiger partial charge is 0.332 e. The predicted molar refractivity (Wildman–Crippen MR) is 111 cm³/mol. The third-order valence-electron chi connectivity index (χ3n) is 4.84. The Morgan fingerprint density at radius 2 is 1.70 bits per heavy atom. The first-order chi connectivity index (χ1) is 14.4. The minimum absolute atomic E-state index is 0.152. The molecule has 0 saturated carbocycles. The number of aliphatic hydroxyl groups is 1. The van der Waals surface area contributed by atoms with Crippen LogP contribution in [0.25, 0.3) is 11.1 Å². The number of hydrazone groups is 1. The van der Waals surface area contributed by atoms with Crippen molar-refractivity contribution in [2.75, 3.05) is 0 Å². The molecular formula is C22H23N3O5. The maximum absolute atomic E-state index is 12.5. The van der Waals surface area contributed by atoms with Crippen LogP contribution in [-0.2, 0) is 20.8 Å². The summed E-state index contributed by atoms with van der Waals surface area (Å²) in [6.07, 6.45) is -1.05. The number of hydrogen-bond acceptors (Lipinski definition) is 5. The molecule has 0 saturated heterocycles. The standard InChI is InChI=1S/C22H23N3O5/c26-19(22(29)30)13-17(23-21(28)18-10-11-20(27)25-24-18)12-14-6-8-16(9-7-14)15-4-2-1-3-5-15/h1-9,17,19,26H,10-13H2,(H,23,28)(H,25,27)(H,29,30). The van der Waals surface area contributed by atoms with Crippen LogP contribution in [-0.4, -0.2) is 45.9 Å². The molecule has 1 aliphatic heterocycles. The van der Waals surface area contributed by atoms with Gasteiger partial charge in [0, 0.05) is 25.3 Å². The number of rotatable bonds is 8. The zero-order chi connectivity index (χ0) is 21.5. The normalized spacial score (nSPS) is 15.5. The Hall–Kier alpha value is -3.52. The van der Waals surface area contributed by atoms with Crippen molar-refractivity contribution in [1.29, 1.82) is 0 Å². The largest absolute Gasteiger partial charge is 0.479 e. The fraction of sp³-hybridized carbons (Fsp3) is 0.273. The lowest BCUT2D eigenvalue weighted by molar-refractivity contribution is -0.147. The summed E-state index contributed by atoms with van der Waals surface area (Å²) in [5, 5.41) is 25.3. The van der Waals surface area contributed by atoms with E-state index in [0.29, 0.717) is 6.42 Å². The summed E-state index contributed by atoms with van der Waals surface area (Å²) < 4.78 is 0. The Bertz CT molecular complexity index is 941. The van der Waals surface area contributed by atoms with E-state index < -0.39 is 24.0 Å². The molecule has 0 fully saturated rings. The van der Waals surface area contributed by atoms with Gasteiger partial charge in [-0.2, -0.15) is 5.10 Å². The number of aliphatic carboxylic acids is 1. The molecular weight excluding hydrogens is 386 g/mol. The molecule has 4 N–H and O–H groups in total. The van der Waals surface area contributed by atoms with Crippen molar-refractivity contribution < 1.29 is 24.6 Å². The summed E-state index contributed by atoms with van der Waals surface area (Å²) in [6.45, 7) is 0. The van der Waals surface area contributed by atoms with Crippen molar-refractivity contribution in [2.24, 2.45) is 5.10 Å². The highest BCUT2D eigenvalue weighted by Crippen LogP contribution is 2.20. The topological polar surface area (TPSA) is 128 Å². The highest BCUT2D eigenvalue weighted by Gasteiger charge is 2.25. The molecule has 1 heterocycles. The van der Waals surface area contributed by atoms with Crippen LogP contribution in [0.3, 0.4) is 0 Å². The second kappa shape index (κ2) is 9.80. The van der Waals surface area contributed by atoms with Crippen LogP contribution in [0, 0.1) is 0 Å². The first kappa shape index (κ1) is 21.2. The fourth-order valence-corrected chi connectivity index (χ4v) is 3.22. The Labute approximate surface area is 173 Å². The minimum atomic E-state index is -1.60. The molecule has 8 heteroatoms. The van der Waals surface area contributed by atoms with Gasteiger partial charge in [-0.1, -0.05) is 54.6 Å². The molecule has 0 bridgehead atoms. The van der Waals surface area contributed by atoms with Gasteiger partial charge in [0.2, 0.25) is 5.91 Å². The zero-order valence-electron chi connectivity index (χ0n) is 16.2. The summed E-state index contributed by atoms with van der Waals surface area (Å²) >= 11 is 0. The van der Waals surface area contributed by atoms with Crippen LogP contribution in [0.1, 0.15) is 24.8 Å². The number of carboxylic acids is 1. The molecule has 1 aliphatic rings. The van der Waals surface area contributed by atoms with Gasteiger partial charge in [-0.25, -0.2) is 10.2 Å². The third-order valence-corrected chi connectivity index (χ3v) is 4.84. The van der Waals surface area contributed by atoms with E-state index in [-0.39, 0.29) is 30.9 Å². The number of carboxylic acid groups (broad SMARTS) is 1. The monoisotopic (exact) mass is 409 g/mol. The van der Waals surface area contributed by atoms with Crippen LogP contribution < -0.4 is 10.7 Å². The van der Waals surface area contributed by atoms with Crippen molar-refractivity contribution in [1.82, 2.24) is 10.7 Å². The van der Waals surface area contributed by atoms with E-state index in [2.05, 4.69) is 15.8 Å². The number of carbonyl (C=O) groups is 3. The first-order valence-electron chi connectivity index (χ1n) is 9.64. The van der Waals surface area contributed by atoms with Gasteiger partial charge in [0.05, 0.1) is 0 Å². The summed E-state index contributed by atoms with van der Waals surface area (Å²) in [5.41, 5.74) is 5.43. The number of hydrogen-bond donors (Lipinski definition) is 4. The second-order valence-electron chi connectivity index (χ2n) is 7.12. The number of amides is 2. The molecule has 0 aromatic heterocycles. The van der Waals surface area contributed by atoms with E-state index in [4.69, 9.17) is 5.11 Å². The summed E-state index contributed by atoms with van der Waals surface area (Å²) in [5.74, 6) is -2.10. The van der Waals surface area contributed by atoms with Gasteiger partial charge in [0.15, 0.2) is 6.10 Å². The maximum atomic E-state index is 12.5. The molecule has 30 heavy (non-hydrogen) atoms. The lowest BCUT2D eigenvalue weighted by Gasteiger charge is -2.21. The van der Waals surface area contributed by atoms with E-state index in [1.807, 2.05) is 54.6 Å². The maximum Gasteiger partial charge on any atom is 0.332 e. The van der Waals surface area contributed by atoms with Crippen molar-refractivity contribution in [3.63, 3.8) is 0 Å². The minimum Gasteiger partial charge on any atom is -0.479 e. The highest BCUT2D eigenvalue weighted by molar-refractivity contribution is 6.39. The summed E-state index contributed by atoms with van der Waals surface area (Å²) in [4.78, 5) is 34.7. The Kier molecular flexibility index (Phi) is 6.92. The van der Waals surface area contributed by atoms with E-state index in [0.717, 1.165) is 16.7 Å². The van der Waals surface area contributed by atoms with E-state index >= 15 is 0 Å². The van der Waals surface area contributed by atoms with E-state index in [1.165, 1.54) is 0 Å². The first-order valence-corrected chi connectivity index (χ1v) is 9.64. The van der Waals surface area contributed by atoms with Gasteiger partial charge in [0.25, 0.3) is 5.91 Å². The molecule has 0 spiro atoms. The molecule has 156 valence electrons. The van der Waals surface area contributed by atoms with Crippen molar-refractivity contribution >= 4 is 23.5 Å². The molecule has 8 nitrogen and oxygen atoms in total. The zero-order valence-corrected chi connectivity index (χ0v) is 16.2. The van der Waals surface area contributed by atoms with Crippen LogP contribution in [0.15, 0.2) is 59.7 Å². The highest BCUT2D eigenvalue weighted by atomic mass is 16.4. The van der Waals surface area contributed by atoms with Crippen molar-refractivity contribution in [2.45, 2.75) is 37.8 Å². The van der Waals surface area contributed by atoms with E-state index in [1.54, 1.807) is 0 Å². The fourth-order valence-electron chi connectivity index (χ4n) is 3.22. The van der Waals surface area contributed by atoms with Gasteiger partial charge in [-0.05, 0) is 23.1 Å². The molecule has 3 rings (SSSR count).